The van der Waals surface area contributed by atoms with Gasteiger partial charge in [-0.15, -0.1) is 0 Å². The van der Waals surface area contributed by atoms with Gasteiger partial charge in [0.05, 0.1) is 11.3 Å². The van der Waals surface area contributed by atoms with E-state index in [9.17, 15) is 14.7 Å². The molecule has 1 heterocycles. The Kier molecular flexibility index (Phi) is 5.93. The van der Waals surface area contributed by atoms with Gasteiger partial charge in [-0.05, 0) is 51.1 Å². The van der Waals surface area contributed by atoms with E-state index in [1.54, 1.807) is 47.4 Å². The minimum Gasteiger partial charge on any atom is -0.480 e. The van der Waals surface area contributed by atoms with Gasteiger partial charge >= 0.3 is 5.97 Å². The Morgan fingerprint density at radius 2 is 1.96 bits per heavy atom. The molecule has 0 fully saturated rings. The number of rotatable bonds is 7. The second-order valence-electron chi connectivity index (χ2n) is 6.61. The normalized spacial score (nSPS) is 12.6. The van der Waals surface area contributed by atoms with Gasteiger partial charge in [0.25, 0.3) is 5.91 Å². The number of nitrogens with one attached hydrogen (secondary N) is 1. The number of aromatic nitrogens is 2. The highest BCUT2D eigenvalue weighted by Crippen LogP contribution is 2.10. The van der Waals surface area contributed by atoms with Crippen molar-refractivity contribution < 1.29 is 19.4 Å². The van der Waals surface area contributed by atoms with E-state index >= 15 is 0 Å². The van der Waals surface area contributed by atoms with Crippen molar-refractivity contribution in [3.63, 3.8) is 0 Å². The number of benzene rings is 1. The summed E-state index contributed by atoms with van der Waals surface area (Å²) in [5.74, 6) is -1.52. The van der Waals surface area contributed by atoms with Crippen LogP contribution >= 0.6 is 0 Å². The SMILES string of the molecule is CC(C)(C)OCCC(NC(=O)c1ccc(-n2cccn2)cc1)C(=O)O. The van der Waals surface area contributed by atoms with E-state index in [-0.39, 0.29) is 18.6 Å². The number of carbonyl (C=O) groups excluding carboxylic acids is 1. The standard InChI is InChI=1S/C18H23N3O4/c1-18(2,3)25-12-9-15(17(23)24)20-16(22)13-5-7-14(8-6-13)21-11-4-10-19-21/h4-8,10-11,15H,9,12H2,1-3H3,(H,20,22)(H,23,24). The van der Waals surface area contributed by atoms with Crippen molar-refractivity contribution in [3.8, 4) is 5.69 Å². The van der Waals surface area contributed by atoms with Crippen molar-refractivity contribution >= 4 is 11.9 Å². The summed E-state index contributed by atoms with van der Waals surface area (Å²) in [6.07, 6.45) is 3.66. The van der Waals surface area contributed by atoms with E-state index < -0.39 is 17.9 Å². The first-order valence-corrected chi connectivity index (χ1v) is 8.04. The number of hydrogen-bond acceptors (Lipinski definition) is 4. The molecule has 25 heavy (non-hydrogen) atoms. The van der Waals surface area contributed by atoms with Crippen molar-refractivity contribution in [3.05, 3.63) is 48.3 Å². The molecule has 0 saturated heterocycles. The first kappa shape index (κ1) is 18.7. The molecule has 0 radical (unpaired) electrons. The summed E-state index contributed by atoms with van der Waals surface area (Å²) in [7, 11) is 0. The fourth-order valence-corrected chi connectivity index (χ4v) is 2.17. The number of carbonyl (C=O) groups is 2. The van der Waals surface area contributed by atoms with Gasteiger partial charge in [0, 0.05) is 31.0 Å². The molecule has 134 valence electrons. The van der Waals surface area contributed by atoms with Crippen LogP contribution in [0.1, 0.15) is 37.6 Å². The molecule has 1 atom stereocenters. The summed E-state index contributed by atoms with van der Waals surface area (Å²) >= 11 is 0. The Hall–Kier alpha value is -2.67. The van der Waals surface area contributed by atoms with Crippen LogP contribution < -0.4 is 5.32 Å². The van der Waals surface area contributed by atoms with Crippen LogP contribution in [0.2, 0.25) is 0 Å². The fourth-order valence-electron chi connectivity index (χ4n) is 2.17. The molecule has 1 aromatic carbocycles. The third kappa shape index (κ3) is 5.72. The molecule has 7 heteroatoms. The van der Waals surface area contributed by atoms with Crippen LogP contribution in [0.15, 0.2) is 42.7 Å². The molecule has 0 aliphatic carbocycles. The highest BCUT2D eigenvalue weighted by atomic mass is 16.5. The zero-order chi connectivity index (χ0) is 18.4. The highest BCUT2D eigenvalue weighted by molar-refractivity contribution is 5.96. The van der Waals surface area contributed by atoms with Gasteiger partial charge in [0.2, 0.25) is 0 Å². The van der Waals surface area contributed by atoms with Crippen LogP contribution in [-0.4, -0.2) is 45.0 Å². The van der Waals surface area contributed by atoms with Crippen molar-refractivity contribution in [2.75, 3.05) is 6.61 Å². The van der Waals surface area contributed by atoms with Gasteiger partial charge in [-0.1, -0.05) is 0 Å². The van der Waals surface area contributed by atoms with Crippen LogP contribution in [0.5, 0.6) is 0 Å². The van der Waals surface area contributed by atoms with E-state index in [2.05, 4.69) is 10.4 Å². The predicted octanol–water partition coefficient (Wildman–Crippen LogP) is 2.26. The van der Waals surface area contributed by atoms with Gasteiger partial charge < -0.3 is 15.2 Å². The van der Waals surface area contributed by atoms with E-state index in [0.29, 0.717) is 5.56 Å². The Labute approximate surface area is 146 Å². The summed E-state index contributed by atoms with van der Waals surface area (Å²) in [6, 6.07) is 7.58. The molecule has 0 bridgehead atoms. The van der Waals surface area contributed by atoms with Crippen LogP contribution in [0, 0.1) is 0 Å². The lowest BCUT2D eigenvalue weighted by atomic mass is 10.1. The summed E-state index contributed by atoms with van der Waals surface area (Å²) in [4.78, 5) is 23.6. The number of ether oxygens (including phenoxy) is 1. The maximum atomic E-state index is 12.3. The Morgan fingerprint density at radius 3 is 2.48 bits per heavy atom. The second kappa shape index (κ2) is 7.94. The molecular weight excluding hydrogens is 322 g/mol. The maximum absolute atomic E-state index is 12.3. The topological polar surface area (TPSA) is 93.5 Å². The van der Waals surface area contributed by atoms with Gasteiger partial charge in [0.1, 0.15) is 6.04 Å². The molecule has 1 amide bonds. The number of aliphatic carboxylic acids is 1. The summed E-state index contributed by atoms with van der Waals surface area (Å²) < 4.78 is 7.20. The molecule has 0 aliphatic heterocycles. The third-order valence-electron chi connectivity index (χ3n) is 3.44. The molecule has 2 N–H and O–H groups in total. The molecule has 0 saturated carbocycles. The van der Waals surface area contributed by atoms with E-state index in [0.717, 1.165) is 5.69 Å². The first-order valence-electron chi connectivity index (χ1n) is 8.04. The predicted molar refractivity (Wildman–Crippen MR) is 92.8 cm³/mol. The minimum atomic E-state index is -1.08. The van der Waals surface area contributed by atoms with Crippen molar-refractivity contribution in [1.29, 1.82) is 0 Å². The van der Waals surface area contributed by atoms with Crippen LogP contribution in [-0.2, 0) is 9.53 Å². The van der Waals surface area contributed by atoms with E-state index in [4.69, 9.17) is 4.74 Å². The first-order chi connectivity index (χ1) is 11.8. The van der Waals surface area contributed by atoms with Gasteiger partial charge in [0.15, 0.2) is 0 Å². The molecule has 1 aromatic heterocycles. The number of amides is 1. The fraction of sp³-hybridized carbons (Fsp3) is 0.389. The average molecular weight is 345 g/mol. The number of carboxylic acids is 1. The van der Waals surface area contributed by atoms with Gasteiger partial charge in [-0.25, -0.2) is 9.48 Å². The monoisotopic (exact) mass is 345 g/mol. The number of nitrogens with zero attached hydrogens (tertiary/aromatic N) is 2. The Bertz CT molecular complexity index is 703. The quantitative estimate of drug-likeness (QED) is 0.803. The molecule has 2 rings (SSSR count). The molecular formula is C18H23N3O4. The zero-order valence-electron chi connectivity index (χ0n) is 14.6. The molecule has 2 aromatic rings. The van der Waals surface area contributed by atoms with Gasteiger partial charge in [-0.3, -0.25) is 4.79 Å². The largest absolute Gasteiger partial charge is 0.480 e. The lowest BCUT2D eigenvalue weighted by Gasteiger charge is -2.21. The van der Waals surface area contributed by atoms with Gasteiger partial charge in [-0.2, -0.15) is 5.10 Å². The second-order valence-corrected chi connectivity index (χ2v) is 6.61. The van der Waals surface area contributed by atoms with E-state index in [1.165, 1.54) is 0 Å². The van der Waals surface area contributed by atoms with Crippen molar-refractivity contribution in [1.82, 2.24) is 15.1 Å². The third-order valence-corrected chi connectivity index (χ3v) is 3.44. The summed E-state index contributed by atoms with van der Waals surface area (Å²) in [5.41, 5.74) is 0.851. The molecule has 0 spiro atoms. The van der Waals surface area contributed by atoms with Crippen LogP contribution in [0.3, 0.4) is 0 Å². The number of hydrogen-bond donors (Lipinski definition) is 2. The smallest absolute Gasteiger partial charge is 0.326 e. The average Bonchev–Trinajstić information content (AvgIpc) is 3.07. The van der Waals surface area contributed by atoms with Crippen molar-refractivity contribution in [2.45, 2.75) is 38.8 Å². The zero-order valence-corrected chi connectivity index (χ0v) is 14.6. The lowest BCUT2D eigenvalue weighted by Crippen LogP contribution is -2.42. The van der Waals surface area contributed by atoms with E-state index in [1.807, 2.05) is 20.8 Å². The summed E-state index contributed by atoms with van der Waals surface area (Å²) in [5, 5.41) is 15.9. The molecule has 7 nitrogen and oxygen atoms in total. The molecule has 0 aliphatic rings. The lowest BCUT2D eigenvalue weighted by molar-refractivity contribution is -0.140. The Morgan fingerprint density at radius 1 is 1.28 bits per heavy atom. The number of carboxylic acid groups (broad SMARTS) is 1. The minimum absolute atomic E-state index is 0.198. The van der Waals surface area contributed by atoms with Crippen molar-refractivity contribution in [2.24, 2.45) is 0 Å². The van der Waals surface area contributed by atoms with Crippen LogP contribution in [0.4, 0.5) is 0 Å². The van der Waals surface area contributed by atoms with Crippen LogP contribution in [0.25, 0.3) is 5.69 Å². The molecule has 1 unspecified atom stereocenters. The maximum Gasteiger partial charge on any atom is 0.326 e. The highest BCUT2D eigenvalue weighted by Gasteiger charge is 2.21. The summed E-state index contributed by atoms with van der Waals surface area (Å²) in [6.45, 7) is 5.92. The Balaban J connectivity index is 1.97.